The Labute approximate surface area is 206 Å². The van der Waals surface area contributed by atoms with E-state index >= 15 is 0 Å². The van der Waals surface area contributed by atoms with Gasteiger partial charge in [0.25, 0.3) is 11.8 Å². The Kier molecular flexibility index (Phi) is 18.6. The van der Waals surface area contributed by atoms with Gasteiger partial charge in [-0.3, -0.25) is 24.1 Å². The molecule has 0 aliphatic carbocycles. The molecule has 1 N–H and O–H groups in total. The first-order valence-electron chi connectivity index (χ1n) is 11.8. The lowest BCUT2D eigenvalue weighted by atomic mass is 10.3. The summed E-state index contributed by atoms with van der Waals surface area (Å²) in [5, 5.41) is 2.67. The number of hydrogen-bond acceptors (Lipinski definition) is 10. The van der Waals surface area contributed by atoms with Gasteiger partial charge in [-0.1, -0.05) is 0 Å². The largest absolute Gasteiger partial charge is 0.379 e. The minimum Gasteiger partial charge on any atom is -0.379 e. The molecule has 0 saturated carbocycles. The number of imide groups is 1. The molecule has 0 saturated heterocycles. The number of hydrogen-bond donors (Lipinski definition) is 1. The number of carbonyl (C=O) groups excluding carboxylic acids is 4. The van der Waals surface area contributed by atoms with Crippen molar-refractivity contribution in [3.8, 4) is 0 Å². The van der Waals surface area contributed by atoms with E-state index in [0.717, 1.165) is 4.90 Å². The molecule has 1 rings (SSSR count). The molecule has 1 heterocycles. The first kappa shape index (κ1) is 30.8. The van der Waals surface area contributed by atoms with Crippen LogP contribution in [-0.2, 0) is 47.6 Å². The minimum absolute atomic E-state index is 0.0561. The zero-order valence-electron chi connectivity index (χ0n) is 20.5. The van der Waals surface area contributed by atoms with Gasteiger partial charge < -0.3 is 33.7 Å². The lowest BCUT2D eigenvalue weighted by Crippen LogP contribution is -2.35. The van der Waals surface area contributed by atoms with Crippen LogP contribution in [0.3, 0.4) is 0 Å². The molecule has 3 amide bonds. The summed E-state index contributed by atoms with van der Waals surface area (Å²) in [5.41, 5.74) is 0. The van der Waals surface area contributed by atoms with Crippen molar-refractivity contribution in [3.63, 3.8) is 0 Å². The highest BCUT2D eigenvalue weighted by atomic mass is 16.6. The van der Waals surface area contributed by atoms with Gasteiger partial charge in [0.05, 0.1) is 79.3 Å². The van der Waals surface area contributed by atoms with Gasteiger partial charge in [-0.25, -0.2) is 0 Å². The van der Waals surface area contributed by atoms with Gasteiger partial charge in [0.2, 0.25) is 5.91 Å². The Hall–Kier alpha value is -2.22. The van der Waals surface area contributed by atoms with E-state index in [1.807, 2.05) is 0 Å². The van der Waals surface area contributed by atoms with Gasteiger partial charge in [0, 0.05) is 38.1 Å². The van der Waals surface area contributed by atoms with E-state index in [4.69, 9.17) is 28.4 Å². The minimum atomic E-state index is -0.396. The second-order valence-electron chi connectivity index (χ2n) is 7.39. The van der Waals surface area contributed by atoms with Crippen molar-refractivity contribution < 1.29 is 47.6 Å². The van der Waals surface area contributed by atoms with Gasteiger partial charge >= 0.3 is 0 Å². The van der Waals surface area contributed by atoms with E-state index < -0.39 is 11.8 Å². The zero-order chi connectivity index (χ0) is 25.6. The Bertz CT molecular complexity index is 638. The molecule has 0 spiro atoms. The lowest BCUT2D eigenvalue weighted by Gasteiger charge is -2.13. The smallest absolute Gasteiger partial charge is 0.253 e. The van der Waals surface area contributed by atoms with Crippen LogP contribution in [0.4, 0.5) is 0 Å². The molecule has 0 aromatic heterocycles. The maximum Gasteiger partial charge on any atom is 0.253 e. The number of Topliss-reactive ketones (excluding diaryl/α,β-unsaturated/α-hetero) is 1. The highest BCUT2D eigenvalue weighted by Gasteiger charge is 2.23. The molecule has 12 nitrogen and oxygen atoms in total. The van der Waals surface area contributed by atoms with Crippen molar-refractivity contribution >= 4 is 23.5 Å². The van der Waals surface area contributed by atoms with Crippen LogP contribution < -0.4 is 5.32 Å². The summed E-state index contributed by atoms with van der Waals surface area (Å²) >= 11 is 0. The van der Waals surface area contributed by atoms with E-state index in [-0.39, 0.29) is 24.7 Å². The van der Waals surface area contributed by atoms with Gasteiger partial charge in [0.15, 0.2) is 0 Å². The standard InChI is InChI=1S/C23H38N2O10/c1-20(26)5-8-30-10-12-32-14-16-34-18-19-35-17-15-33-13-11-31-9-6-24-21(27)4-7-25-22(28)2-3-23(25)29/h2-3H,4-19H2,1H3,(H,24,27). The SMILES string of the molecule is CC(=O)CCOCCOCCOCCOCCOCCOCCNC(=O)CCN1C(=O)C=CC1=O. The first-order valence-corrected chi connectivity index (χ1v) is 11.8. The third-order valence-corrected chi connectivity index (χ3v) is 4.49. The van der Waals surface area contributed by atoms with Crippen molar-refractivity contribution in [2.75, 3.05) is 92.4 Å². The summed E-state index contributed by atoms with van der Waals surface area (Å²) < 4.78 is 32.1. The van der Waals surface area contributed by atoms with Gasteiger partial charge in [-0.05, 0) is 6.92 Å². The topological polar surface area (TPSA) is 139 Å². The summed E-state index contributed by atoms with van der Waals surface area (Å²) in [5.74, 6) is -0.930. The quantitative estimate of drug-likeness (QED) is 0.136. The molecule has 0 aromatic carbocycles. The lowest BCUT2D eigenvalue weighted by molar-refractivity contribution is -0.137. The van der Waals surface area contributed by atoms with Crippen LogP contribution in [0, 0.1) is 0 Å². The Balaban J connectivity index is 1.72. The van der Waals surface area contributed by atoms with Crippen LogP contribution in [0.15, 0.2) is 12.2 Å². The van der Waals surface area contributed by atoms with E-state index in [1.54, 1.807) is 0 Å². The van der Waals surface area contributed by atoms with Crippen molar-refractivity contribution in [2.24, 2.45) is 0 Å². The van der Waals surface area contributed by atoms with Crippen LogP contribution in [0.25, 0.3) is 0 Å². The normalized spacial score (nSPS) is 13.1. The van der Waals surface area contributed by atoms with Crippen molar-refractivity contribution in [2.45, 2.75) is 19.8 Å². The summed E-state index contributed by atoms with van der Waals surface area (Å²) in [6, 6.07) is 0. The third kappa shape index (κ3) is 17.8. The molecule has 35 heavy (non-hydrogen) atoms. The molecule has 0 radical (unpaired) electrons. The van der Waals surface area contributed by atoms with E-state index in [0.29, 0.717) is 92.2 Å². The van der Waals surface area contributed by atoms with E-state index in [1.165, 1.54) is 19.1 Å². The van der Waals surface area contributed by atoms with E-state index in [9.17, 15) is 19.2 Å². The van der Waals surface area contributed by atoms with Crippen molar-refractivity contribution in [3.05, 3.63) is 12.2 Å². The number of carbonyl (C=O) groups is 4. The summed E-state index contributed by atoms with van der Waals surface area (Å²) in [6.45, 7) is 7.20. The van der Waals surface area contributed by atoms with Crippen LogP contribution in [0.2, 0.25) is 0 Å². The van der Waals surface area contributed by atoms with Crippen LogP contribution in [0.5, 0.6) is 0 Å². The van der Waals surface area contributed by atoms with Crippen LogP contribution in [0.1, 0.15) is 19.8 Å². The maximum absolute atomic E-state index is 11.7. The molecule has 1 aliphatic rings. The number of ketones is 1. The average molecular weight is 503 g/mol. The number of nitrogens with zero attached hydrogens (tertiary/aromatic N) is 1. The van der Waals surface area contributed by atoms with E-state index in [2.05, 4.69) is 5.32 Å². The summed E-state index contributed by atoms with van der Waals surface area (Å²) in [4.78, 5) is 46.3. The molecule has 0 aromatic rings. The highest BCUT2D eigenvalue weighted by molar-refractivity contribution is 6.13. The molecular formula is C23H38N2O10. The van der Waals surface area contributed by atoms with Crippen molar-refractivity contribution in [1.82, 2.24) is 10.2 Å². The van der Waals surface area contributed by atoms with Crippen LogP contribution in [-0.4, -0.2) is 121 Å². The molecule has 1 aliphatic heterocycles. The second kappa shape index (κ2) is 21.1. The molecule has 0 fully saturated rings. The summed E-state index contributed by atoms with van der Waals surface area (Å²) in [6.07, 6.45) is 2.87. The number of ether oxygens (including phenoxy) is 6. The number of nitrogens with one attached hydrogen (secondary N) is 1. The predicted octanol–water partition coefficient (Wildman–Crippen LogP) is -0.504. The Morgan fingerprint density at radius 2 is 1.06 bits per heavy atom. The zero-order valence-corrected chi connectivity index (χ0v) is 20.5. The predicted molar refractivity (Wildman–Crippen MR) is 124 cm³/mol. The first-order chi connectivity index (χ1) is 17.0. The Morgan fingerprint density at radius 3 is 1.49 bits per heavy atom. The molecule has 0 unspecified atom stereocenters. The molecule has 0 atom stereocenters. The molecule has 200 valence electrons. The molecule has 0 bridgehead atoms. The maximum atomic E-state index is 11.7. The molecule has 12 heteroatoms. The Morgan fingerprint density at radius 1 is 0.657 bits per heavy atom. The fourth-order valence-electron chi connectivity index (χ4n) is 2.63. The number of rotatable bonds is 24. The van der Waals surface area contributed by atoms with Crippen molar-refractivity contribution in [1.29, 1.82) is 0 Å². The second-order valence-corrected chi connectivity index (χ2v) is 7.39. The monoisotopic (exact) mass is 502 g/mol. The summed E-state index contributed by atoms with van der Waals surface area (Å²) in [7, 11) is 0. The average Bonchev–Trinajstić information content (AvgIpc) is 3.15. The van der Waals surface area contributed by atoms with Crippen LogP contribution >= 0.6 is 0 Å². The fourth-order valence-corrected chi connectivity index (χ4v) is 2.63. The van der Waals surface area contributed by atoms with Gasteiger partial charge in [-0.2, -0.15) is 0 Å². The number of amides is 3. The van der Waals surface area contributed by atoms with Gasteiger partial charge in [0.1, 0.15) is 5.78 Å². The fraction of sp³-hybridized carbons (Fsp3) is 0.739. The third-order valence-electron chi connectivity index (χ3n) is 4.49. The molecular weight excluding hydrogens is 464 g/mol. The highest BCUT2D eigenvalue weighted by Crippen LogP contribution is 2.03. The van der Waals surface area contributed by atoms with Gasteiger partial charge in [-0.15, -0.1) is 0 Å².